The summed E-state index contributed by atoms with van der Waals surface area (Å²) in [4.78, 5) is 0.0563. The topological polar surface area (TPSA) is 95.1 Å². The van der Waals surface area contributed by atoms with Crippen LogP contribution in [0.2, 0.25) is 5.02 Å². The minimum Gasteiger partial charge on any atom is -0.392 e. The van der Waals surface area contributed by atoms with Crippen LogP contribution in [0.5, 0.6) is 0 Å². The summed E-state index contributed by atoms with van der Waals surface area (Å²) in [6, 6.07) is 4.21. The van der Waals surface area contributed by atoms with Gasteiger partial charge in [-0.15, -0.1) is 0 Å². The van der Waals surface area contributed by atoms with Crippen LogP contribution in [0.25, 0.3) is 0 Å². The molecule has 0 amide bonds. The number of halogens is 1. The van der Waals surface area contributed by atoms with E-state index in [1.54, 1.807) is 6.20 Å². The first-order chi connectivity index (χ1) is 9.44. The Labute approximate surface area is 121 Å². The molecule has 0 atom stereocenters. The largest absolute Gasteiger partial charge is 0.392 e. The molecule has 20 heavy (non-hydrogen) atoms. The van der Waals surface area contributed by atoms with Gasteiger partial charge in [0.2, 0.25) is 10.0 Å². The number of benzene rings is 1. The Balaban J connectivity index is 2.18. The fraction of sp³-hybridized carbons (Fsp3) is 0.250. The summed E-state index contributed by atoms with van der Waals surface area (Å²) >= 11 is 5.89. The van der Waals surface area contributed by atoms with Crippen LogP contribution in [0.4, 0.5) is 0 Å². The predicted molar refractivity (Wildman–Crippen MR) is 74.7 cm³/mol. The van der Waals surface area contributed by atoms with Gasteiger partial charge in [-0.25, -0.2) is 13.1 Å². The second-order valence-electron chi connectivity index (χ2n) is 4.26. The molecule has 1 aromatic heterocycles. The summed E-state index contributed by atoms with van der Waals surface area (Å²) in [5.74, 6) is 0. The van der Waals surface area contributed by atoms with Crippen molar-refractivity contribution in [2.75, 3.05) is 0 Å². The molecule has 0 saturated carbocycles. The number of hydrogen-bond donors (Lipinski definition) is 3. The highest BCUT2D eigenvalue weighted by Crippen LogP contribution is 2.21. The Morgan fingerprint density at radius 1 is 1.40 bits per heavy atom. The number of nitrogens with zero attached hydrogens (tertiary/aromatic N) is 1. The Hall–Kier alpha value is -1.41. The molecule has 108 valence electrons. The molecule has 0 fully saturated rings. The maximum atomic E-state index is 12.1. The maximum Gasteiger partial charge on any atom is 0.240 e. The van der Waals surface area contributed by atoms with Crippen molar-refractivity contribution in [3.8, 4) is 0 Å². The highest BCUT2D eigenvalue weighted by molar-refractivity contribution is 7.89. The standard InChI is InChI=1S/C12H14ClN3O3S/c1-8-10(5-14-16-8)6-15-20(18,19)11-3-2-9(7-17)12(13)4-11/h2-5,15,17H,6-7H2,1H3,(H,14,16). The molecule has 3 N–H and O–H groups in total. The zero-order chi connectivity index (χ0) is 14.8. The number of aromatic amines is 1. The highest BCUT2D eigenvalue weighted by atomic mass is 35.5. The number of nitrogens with one attached hydrogen (secondary N) is 2. The van der Waals surface area contributed by atoms with Crippen LogP contribution in [0.1, 0.15) is 16.8 Å². The second kappa shape index (κ2) is 5.92. The molecule has 8 heteroatoms. The minimum absolute atomic E-state index is 0.0563. The molecule has 0 aliphatic rings. The number of aliphatic hydroxyl groups excluding tert-OH is 1. The average molecular weight is 316 g/mol. The summed E-state index contributed by atoms with van der Waals surface area (Å²) in [7, 11) is -3.66. The lowest BCUT2D eigenvalue weighted by molar-refractivity contribution is 0.282. The first-order valence-corrected chi connectivity index (χ1v) is 7.68. The second-order valence-corrected chi connectivity index (χ2v) is 6.43. The summed E-state index contributed by atoms with van der Waals surface area (Å²) < 4.78 is 26.7. The highest BCUT2D eigenvalue weighted by Gasteiger charge is 2.16. The summed E-state index contributed by atoms with van der Waals surface area (Å²) in [5.41, 5.74) is 2.06. The zero-order valence-corrected chi connectivity index (χ0v) is 12.3. The molecule has 0 bridgehead atoms. The van der Waals surface area contributed by atoms with Crippen molar-refractivity contribution in [2.45, 2.75) is 25.0 Å². The lowest BCUT2D eigenvalue weighted by Gasteiger charge is -2.08. The Bertz CT molecular complexity index is 712. The van der Waals surface area contributed by atoms with E-state index in [2.05, 4.69) is 14.9 Å². The quantitative estimate of drug-likeness (QED) is 0.776. The molecule has 0 saturated heterocycles. The van der Waals surface area contributed by atoms with Gasteiger partial charge in [0.1, 0.15) is 0 Å². The van der Waals surface area contributed by atoms with Gasteiger partial charge in [-0.05, 0) is 24.6 Å². The van der Waals surface area contributed by atoms with Crippen molar-refractivity contribution in [2.24, 2.45) is 0 Å². The van der Waals surface area contributed by atoms with Crippen LogP contribution in [-0.2, 0) is 23.2 Å². The number of hydrogen-bond acceptors (Lipinski definition) is 4. The molecule has 0 aliphatic carbocycles. The molecular formula is C12H14ClN3O3S. The van der Waals surface area contributed by atoms with Crippen LogP contribution in [0, 0.1) is 6.92 Å². The maximum absolute atomic E-state index is 12.1. The Kier molecular flexibility index (Phi) is 4.44. The Morgan fingerprint density at radius 3 is 2.70 bits per heavy atom. The molecule has 0 radical (unpaired) electrons. The first kappa shape index (κ1) is 15.0. The van der Waals surface area contributed by atoms with Crippen molar-refractivity contribution in [3.05, 3.63) is 46.2 Å². The zero-order valence-electron chi connectivity index (χ0n) is 10.7. The van der Waals surface area contributed by atoms with Gasteiger partial charge in [-0.3, -0.25) is 5.10 Å². The molecular weight excluding hydrogens is 302 g/mol. The first-order valence-electron chi connectivity index (χ1n) is 5.82. The average Bonchev–Trinajstić information content (AvgIpc) is 2.82. The summed E-state index contributed by atoms with van der Waals surface area (Å²) in [5, 5.41) is 15.8. The van der Waals surface area contributed by atoms with Crippen LogP contribution in [0.3, 0.4) is 0 Å². The third-order valence-corrected chi connectivity index (χ3v) is 4.64. The van der Waals surface area contributed by atoms with E-state index in [9.17, 15) is 8.42 Å². The monoisotopic (exact) mass is 315 g/mol. The number of aryl methyl sites for hydroxylation is 1. The van der Waals surface area contributed by atoms with E-state index in [0.29, 0.717) is 5.56 Å². The number of aliphatic hydroxyl groups is 1. The van der Waals surface area contributed by atoms with Crippen LogP contribution >= 0.6 is 11.6 Å². The van der Waals surface area contributed by atoms with Crippen molar-refractivity contribution >= 4 is 21.6 Å². The van der Waals surface area contributed by atoms with Gasteiger partial charge in [0.15, 0.2) is 0 Å². The fourth-order valence-corrected chi connectivity index (χ4v) is 2.97. The number of H-pyrrole nitrogens is 1. The molecule has 0 spiro atoms. The van der Waals surface area contributed by atoms with Gasteiger partial charge >= 0.3 is 0 Å². The predicted octanol–water partition coefficient (Wildman–Crippen LogP) is 1.34. The summed E-state index contributed by atoms with van der Waals surface area (Å²) in [6.45, 7) is 1.72. The number of rotatable bonds is 5. The third-order valence-electron chi connectivity index (χ3n) is 2.89. The van der Waals surface area contributed by atoms with Crippen molar-refractivity contribution in [3.63, 3.8) is 0 Å². The van der Waals surface area contributed by atoms with Gasteiger partial charge in [-0.1, -0.05) is 17.7 Å². The van der Waals surface area contributed by atoms with Crippen LogP contribution in [0.15, 0.2) is 29.3 Å². The smallest absolute Gasteiger partial charge is 0.240 e. The van der Waals surface area contributed by atoms with E-state index in [-0.39, 0.29) is 23.1 Å². The van der Waals surface area contributed by atoms with E-state index >= 15 is 0 Å². The lowest BCUT2D eigenvalue weighted by Crippen LogP contribution is -2.23. The van der Waals surface area contributed by atoms with E-state index in [4.69, 9.17) is 16.7 Å². The fourth-order valence-electron chi connectivity index (χ4n) is 1.63. The van der Waals surface area contributed by atoms with E-state index in [0.717, 1.165) is 11.3 Å². The van der Waals surface area contributed by atoms with Gasteiger partial charge in [0.05, 0.1) is 17.7 Å². The van der Waals surface area contributed by atoms with Gasteiger partial charge in [-0.2, -0.15) is 5.10 Å². The van der Waals surface area contributed by atoms with Crippen LogP contribution in [-0.4, -0.2) is 23.7 Å². The van der Waals surface area contributed by atoms with E-state index in [1.165, 1.54) is 18.2 Å². The molecule has 2 aromatic rings. The summed E-state index contributed by atoms with van der Waals surface area (Å²) in [6.07, 6.45) is 1.57. The van der Waals surface area contributed by atoms with E-state index in [1.807, 2.05) is 6.92 Å². The third kappa shape index (κ3) is 3.18. The van der Waals surface area contributed by atoms with Gasteiger partial charge < -0.3 is 5.11 Å². The van der Waals surface area contributed by atoms with Gasteiger partial charge in [0, 0.05) is 22.8 Å². The molecule has 0 unspecified atom stereocenters. The number of aromatic nitrogens is 2. The van der Waals surface area contributed by atoms with Gasteiger partial charge in [0.25, 0.3) is 0 Å². The van der Waals surface area contributed by atoms with E-state index < -0.39 is 10.0 Å². The lowest BCUT2D eigenvalue weighted by atomic mass is 10.2. The van der Waals surface area contributed by atoms with Crippen LogP contribution < -0.4 is 4.72 Å². The van der Waals surface area contributed by atoms with Crippen molar-refractivity contribution < 1.29 is 13.5 Å². The molecule has 1 aromatic carbocycles. The van der Waals surface area contributed by atoms with Crippen molar-refractivity contribution in [1.29, 1.82) is 0 Å². The van der Waals surface area contributed by atoms with Crippen molar-refractivity contribution in [1.82, 2.24) is 14.9 Å². The minimum atomic E-state index is -3.66. The SMILES string of the molecule is Cc1[nH]ncc1CNS(=O)(=O)c1ccc(CO)c(Cl)c1. The Morgan fingerprint density at radius 2 is 2.15 bits per heavy atom. The molecule has 1 heterocycles. The normalized spacial score (nSPS) is 11.8. The molecule has 6 nitrogen and oxygen atoms in total. The molecule has 0 aliphatic heterocycles. The number of sulfonamides is 1. The molecule has 2 rings (SSSR count).